The highest BCUT2D eigenvalue weighted by molar-refractivity contribution is 5.85. The van der Waals surface area contributed by atoms with E-state index in [9.17, 15) is 18.7 Å². The molecular formula is C20H25ClF2N2O3. The molecule has 0 amide bonds. The summed E-state index contributed by atoms with van der Waals surface area (Å²) in [6, 6.07) is 8.20. The van der Waals surface area contributed by atoms with Crippen LogP contribution < -0.4 is 0 Å². The van der Waals surface area contributed by atoms with E-state index in [1.54, 1.807) is 30.3 Å². The van der Waals surface area contributed by atoms with Gasteiger partial charge < -0.3 is 14.7 Å². The summed E-state index contributed by atoms with van der Waals surface area (Å²) >= 11 is 0. The van der Waals surface area contributed by atoms with E-state index in [0.29, 0.717) is 19.5 Å². The molecule has 8 heteroatoms. The number of nitrogens with one attached hydrogen (secondary N) is 1. The molecule has 2 aliphatic rings. The molecule has 28 heavy (non-hydrogen) atoms. The minimum Gasteiger partial charge on any atom is -0.459 e. The number of carbonyl (C=O) groups excluding carboxylic acids is 1. The number of nitrogens with zero attached hydrogens (tertiary/aromatic N) is 1. The van der Waals surface area contributed by atoms with Crippen molar-refractivity contribution in [2.45, 2.75) is 37.2 Å². The van der Waals surface area contributed by atoms with Crippen LogP contribution >= 0.6 is 12.4 Å². The molecule has 3 rings (SSSR count). The fourth-order valence-corrected chi connectivity index (χ4v) is 3.76. The molecule has 1 aromatic rings. The lowest BCUT2D eigenvalue weighted by molar-refractivity contribution is -0.173. The SMILES string of the molecule is Cl.N=CN1CC=C(COC(=O)C(O)(c2ccccc2)C2CCC(F)(F)C2)CC1. The third-order valence-corrected chi connectivity index (χ3v) is 5.43. The first-order valence-electron chi connectivity index (χ1n) is 9.10. The Bertz CT molecular complexity index is 729. The smallest absolute Gasteiger partial charge is 0.343 e. The number of aliphatic hydroxyl groups is 1. The molecule has 1 heterocycles. The van der Waals surface area contributed by atoms with Crippen LogP contribution in [0.3, 0.4) is 0 Å². The molecule has 2 N–H and O–H groups in total. The maximum absolute atomic E-state index is 13.8. The van der Waals surface area contributed by atoms with Crippen LogP contribution in [0.25, 0.3) is 0 Å². The lowest BCUT2D eigenvalue weighted by Gasteiger charge is -2.32. The molecule has 0 bridgehead atoms. The van der Waals surface area contributed by atoms with E-state index in [0.717, 1.165) is 5.57 Å². The molecule has 1 saturated carbocycles. The predicted octanol–water partition coefficient (Wildman–Crippen LogP) is 3.51. The molecule has 154 valence electrons. The van der Waals surface area contributed by atoms with Crippen molar-refractivity contribution in [1.82, 2.24) is 4.90 Å². The highest BCUT2D eigenvalue weighted by atomic mass is 35.5. The molecule has 2 atom stereocenters. The molecule has 1 aliphatic carbocycles. The van der Waals surface area contributed by atoms with Gasteiger partial charge in [0.05, 0.1) is 6.34 Å². The van der Waals surface area contributed by atoms with Crippen LogP contribution in [0.15, 0.2) is 42.0 Å². The van der Waals surface area contributed by atoms with Crippen LogP contribution in [0.4, 0.5) is 8.78 Å². The van der Waals surface area contributed by atoms with Gasteiger partial charge in [0.15, 0.2) is 5.60 Å². The van der Waals surface area contributed by atoms with Crippen LogP contribution in [0.1, 0.15) is 31.2 Å². The zero-order valence-corrected chi connectivity index (χ0v) is 16.3. The van der Waals surface area contributed by atoms with Gasteiger partial charge in [-0.1, -0.05) is 36.4 Å². The fourth-order valence-electron chi connectivity index (χ4n) is 3.76. The minimum atomic E-state index is -2.88. The van der Waals surface area contributed by atoms with Gasteiger partial charge in [0, 0.05) is 31.8 Å². The summed E-state index contributed by atoms with van der Waals surface area (Å²) in [5.74, 6) is -4.65. The number of benzene rings is 1. The Kier molecular flexibility index (Phi) is 7.17. The number of rotatable bonds is 6. The summed E-state index contributed by atoms with van der Waals surface area (Å²) in [6.45, 7) is 1.24. The van der Waals surface area contributed by atoms with Crippen LogP contribution in [0.5, 0.6) is 0 Å². The van der Waals surface area contributed by atoms with E-state index in [-0.39, 0.29) is 37.4 Å². The largest absolute Gasteiger partial charge is 0.459 e. The maximum Gasteiger partial charge on any atom is 0.343 e. The minimum absolute atomic E-state index is 0. The van der Waals surface area contributed by atoms with Crippen molar-refractivity contribution in [2.24, 2.45) is 5.92 Å². The van der Waals surface area contributed by atoms with Gasteiger partial charge in [0.25, 0.3) is 0 Å². The van der Waals surface area contributed by atoms with E-state index in [1.807, 2.05) is 11.0 Å². The van der Waals surface area contributed by atoms with Crippen molar-refractivity contribution in [3.63, 3.8) is 0 Å². The normalized spacial score (nSPS) is 23.2. The number of alkyl halides is 2. The van der Waals surface area contributed by atoms with E-state index in [4.69, 9.17) is 10.1 Å². The van der Waals surface area contributed by atoms with Gasteiger partial charge in [-0.25, -0.2) is 13.6 Å². The number of hydrogen-bond acceptors (Lipinski definition) is 4. The Labute approximate surface area is 169 Å². The zero-order chi connectivity index (χ0) is 19.5. The van der Waals surface area contributed by atoms with Gasteiger partial charge in [0.2, 0.25) is 5.92 Å². The first-order valence-corrected chi connectivity index (χ1v) is 9.10. The molecule has 5 nitrogen and oxygen atoms in total. The van der Waals surface area contributed by atoms with Crippen molar-refractivity contribution in [3.8, 4) is 0 Å². The molecule has 0 aromatic heterocycles. The highest BCUT2D eigenvalue weighted by Gasteiger charge is 2.54. The topological polar surface area (TPSA) is 73.6 Å². The van der Waals surface area contributed by atoms with Crippen molar-refractivity contribution >= 4 is 24.7 Å². The molecule has 0 spiro atoms. The standard InChI is InChI=1S/C20H24F2N2O3.ClH/c21-19(22)9-6-17(12-19)20(26,16-4-2-1-3-5-16)18(25)27-13-15-7-10-24(14-23)11-8-15;/h1-5,7,14,17,23,26H,6,8-13H2;1H. The van der Waals surface area contributed by atoms with Gasteiger partial charge in [-0.3, -0.25) is 5.41 Å². The maximum atomic E-state index is 13.8. The number of halogens is 3. The molecule has 0 radical (unpaired) electrons. The summed E-state index contributed by atoms with van der Waals surface area (Å²) < 4.78 is 32.9. The lowest BCUT2D eigenvalue weighted by Crippen LogP contribution is -2.44. The second-order valence-electron chi connectivity index (χ2n) is 7.24. The average Bonchev–Trinajstić information content (AvgIpc) is 3.06. The van der Waals surface area contributed by atoms with Gasteiger partial charge in [0.1, 0.15) is 6.61 Å². The van der Waals surface area contributed by atoms with Gasteiger partial charge >= 0.3 is 5.97 Å². The summed E-state index contributed by atoms with van der Waals surface area (Å²) in [5, 5.41) is 18.5. The quantitative estimate of drug-likeness (QED) is 0.323. The first-order chi connectivity index (χ1) is 12.8. The Morgan fingerprint density at radius 3 is 2.64 bits per heavy atom. The van der Waals surface area contributed by atoms with E-state index < -0.39 is 29.8 Å². The Balaban J connectivity index is 0.00000280. The summed E-state index contributed by atoms with van der Waals surface area (Å²) in [4.78, 5) is 14.6. The monoisotopic (exact) mass is 414 g/mol. The summed E-state index contributed by atoms with van der Waals surface area (Å²) in [7, 11) is 0. The first kappa shape index (κ1) is 22.3. The van der Waals surface area contributed by atoms with Gasteiger partial charge in [-0.15, -0.1) is 12.4 Å². The van der Waals surface area contributed by atoms with Gasteiger partial charge in [-0.2, -0.15) is 0 Å². The van der Waals surface area contributed by atoms with Crippen molar-refractivity contribution in [2.75, 3.05) is 19.7 Å². The summed E-state index contributed by atoms with van der Waals surface area (Å²) in [6.07, 6.45) is 2.97. The zero-order valence-electron chi connectivity index (χ0n) is 15.4. The van der Waals surface area contributed by atoms with Crippen molar-refractivity contribution < 1.29 is 23.4 Å². The third-order valence-electron chi connectivity index (χ3n) is 5.43. The Morgan fingerprint density at radius 1 is 1.39 bits per heavy atom. The van der Waals surface area contributed by atoms with Crippen LogP contribution in [-0.2, 0) is 15.1 Å². The second-order valence-corrected chi connectivity index (χ2v) is 7.24. The highest BCUT2D eigenvalue weighted by Crippen LogP contribution is 2.47. The molecular weight excluding hydrogens is 390 g/mol. The van der Waals surface area contributed by atoms with Crippen molar-refractivity contribution in [3.05, 3.63) is 47.5 Å². The Morgan fingerprint density at radius 2 is 2.11 bits per heavy atom. The van der Waals surface area contributed by atoms with Crippen molar-refractivity contribution in [1.29, 1.82) is 5.41 Å². The predicted molar refractivity (Wildman–Crippen MR) is 104 cm³/mol. The number of hydrogen-bond donors (Lipinski definition) is 2. The van der Waals surface area contributed by atoms with Crippen LogP contribution in [0.2, 0.25) is 0 Å². The van der Waals surface area contributed by atoms with E-state index >= 15 is 0 Å². The average molecular weight is 415 g/mol. The summed E-state index contributed by atoms with van der Waals surface area (Å²) in [5.41, 5.74) is -0.906. The lowest BCUT2D eigenvalue weighted by atomic mass is 9.80. The molecule has 2 unspecified atom stereocenters. The van der Waals surface area contributed by atoms with Crippen LogP contribution in [0, 0.1) is 11.3 Å². The second kappa shape index (κ2) is 9.01. The van der Waals surface area contributed by atoms with Crippen LogP contribution in [-0.4, -0.2) is 47.9 Å². The molecule has 0 saturated heterocycles. The van der Waals surface area contributed by atoms with E-state index in [1.165, 1.54) is 6.34 Å². The molecule has 1 aliphatic heterocycles. The number of esters is 1. The Hall–Kier alpha value is -1.99. The third kappa shape index (κ3) is 4.70. The molecule has 1 fully saturated rings. The van der Waals surface area contributed by atoms with E-state index in [2.05, 4.69) is 0 Å². The fraction of sp³-hybridized carbons (Fsp3) is 0.500. The number of ether oxygens (including phenoxy) is 1. The number of carbonyl (C=O) groups is 1. The van der Waals surface area contributed by atoms with Gasteiger partial charge in [-0.05, 0) is 24.0 Å². The molecule has 1 aromatic carbocycles.